The van der Waals surface area contributed by atoms with Crippen LogP contribution in [0.1, 0.15) is 11.1 Å². The van der Waals surface area contributed by atoms with Gasteiger partial charge in [0.15, 0.2) is 5.82 Å². The Hall–Kier alpha value is -7.80. The standard InChI is InChI=1S/C48H27N5O/c49-28-34-14-9-16-36(41(34)29-50)32-19-22-46-39(24-32)40-26-35(20-23-47(40)54-46)53-44-17-8-7-15-37(44)38-25-33(18-21-45(38)53)48-51-42(30-10-3-1-4-11-30)27-43(52-48)31-12-5-2-6-13-31/h1-27H. The van der Waals surface area contributed by atoms with Crippen LogP contribution >= 0.6 is 0 Å². The molecule has 10 aromatic rings. The molecule has 3 heterocycles. The van der Waals surface area contributed by atoms with Crippen molar-refractivity contribution in [1.29, 1.82) is 10.5 Å². The summed E-state index contributed by atoms with van der Waals surface area (Å²) >= 11 is 0. The van der Waals surface area contributed by atoms with Crippen LogP contribution in [0, 0.1) is 22.7 Å². The zero-order valence-corrected chi connectivity index (χ0v) is 28.7. The number of para-hydroxylation sites is 1. The van der Waals surface area contributed by atoms with Gasteiger partial charge in [-0.2, -0.15) is 10.5 Å². The van der Waals surface area contributed by atoms with Gasteiger partial charge in [0, 0.05) is 49.5 Å². The van der Waals surface area contributed by atoms with Crippen LogP contribution in [0.3, 0.4) is 0 Å². The lowest BCUT2D eigenvalue weighted by Gasteiger charge is -2.10. The van der Waals surface area contributed by atoms with E-state index in [4.69, 9.17) is 14.4 Å². The summed E-state index contributed by atoms with van der Waals surface area (Å²) in [7, 11) is 0. The second kappa shape index (κ2) is 12.5. The maximum absolute atomic E-state index is 9.92. The summed E-state index contributed by atoms with van der Waals surface area (Å²) < 4.78 is 8.59. The second-order valence-electron chi connectivity index (χ2n) is 13.2. The highest BCUT2D eigenvalue weighted by molar-refractivity contribution is 6.12. The predicted molar refractivity (Wildman–Crippen MR) is 215 cm³/mol. The Balaban J connectivity index is 1.14. The van der Waals surface area contributed by atoms with Crippen LogP contribution in [0.2, 0.25) is 0 Å². The Morgan fingerprint density at radius 1 is 0.463 bits per heavy atom. The van der Waals surface area contributed by atoms with E-state index in [0.717, 1.165) is 88.6 Å². The fourth-order valence-electron chi connectivity index (χ4n) is 7.56. The van der Waals surface area contributed by atoms with Crippen LogP contribution in [0.4, 0.5) is 0 Å². The van der Waals surface area contributed by atoms with Gasteiger partial charge in [0.05, 0.1) is 33.5 Å². The minimum absolute atomic E-state index is 0.357. The van der Waals surface area contributed by atoms with E-state index < -0.39 is 0 Å². The monoisotopic (exact) mass is 689 g/mol. The van der Waals surface area contributed by atoms with Gasteiger partial charge in [-0.05, 0) is 72.3 Å². The van der Waals surface area contributed by atoms with E-state index in [1.54, 1.807) is 6.07 Å². The third kappa shape index (κ3) is 5.02. The van der Waals surface area contributed by atoms with Gasteiger partial charge in [0.25, 0.3) is 0 Å². The number of nitriles is 2. The van der Waals surface area contributed by atoms with Crippen molar-refractivity contribution in [2.75, 3.05) is 0 Å². The molecule has 0 spiro atoms. The van der Waals surface area contributed by atoms with Gasteiger partial charge in [0.1, 0.15) is 23.3 Å². The predicted octanol–water partition coefficient (Wildman–Crippen LogP) is 11.9. The maximum Gasteiger partial charge on any atom is 0.160 e. The average Bonchev–Trinajstić information content (AvgIpc) is 3.78. The van der Waals surface area contributed by atoms with Gasteiger partial charge in [-0.25, -0.2) is 9.97 Å². The quantitative estimate of drug-likeness (QED) is 0.179. The Bertz CT molecular complexity index is 3120. The summed E-state index contributed by atoms with van der Waals surface area (Å²) in [5.74, 6) is 0.663. The van der Waals surface area contributed by atoms with Crippen molar-refractivity contribution in [2.45, 2.75) is 0 Å². The van der Waals surface area contributed by atoms with E-state index in [9.17, 15) is 10.5 Å². The van der Waals surface area contributed by atoms with Crippen LogP contribution in [0.25, 0.3) is 94.5 Å². The molecule has 0 amide bonds. The van der Waals surface area contributed by atoms with E-state index in [-0.39, 0.29) is 0 Å². The molecule has 0 saturated carbocycles. The number of aromatic nitrogens is 3. The van der Waals surface area contributed by atoms with Crippen molar-refractivity contribution in [3.63, 3.8) is 0 Å². The first kappa shape index (κ1) is 31.0. The van der Waals surface area contributed by atoms with E-state index >= 15 is 0 Å². The van der Waals surface area contributed by atoms with Crippen molar-refractivity contribution in [3.8, 4) is 62.9 Å². The lowest BCUT2D eigenvalue weighted by molar-refractivity contribution is 0.669. The molecule has 0 aliphatic rings. The molecule has 6 nitrogen and oxygen atoms in total. The van der Waals surface area contributed by atoms with Crippen LogP contribution in [-0.2, 0) is 0 Å². The number of nitrogens with zero attached hydrogens (tertiary/aromatic N) is 5. The number of fused-ring (bicyclic) bond motifs is 6. The Morgan fingerprint density at radius 2 is 1.09 bits per heavy atom. The fourth-order valence-corrected chi connectivity index (χ4v) is 7.56. The number of furan rings is 1. The average molecular weight is 690 g/mol. The zero-order chi connectivity index (χ0) is 36.2. The summed E-state index contributed by atoms with van der Waals surface area (Å²) in [6.07, 6.45) is 0. The Kier molecular flexibility index (Phi) is 7.15. The lowest BCUT2D eigenvalue weighted by Crippen LogP contribution is -1.96. The first-order valence-corrected chi connectivity index (χ1v) is 17.6. The van der Waals surface area contributed by atoms with Gasteiger partial charge in [-0.1, -0.05) is 97.1 Å². The molecule has 0 aliphatic carbocycles. The van der Waals surface area contributed by atoms with E-state index in [1.807, 2.05) is 72.8 Å². The van der Waals surface area contributed by atoms with Crippen LogP contribution in [-0.4, -0.2) is 14.5 Å². The molecule has 3 aromatic heterocycles. The summed E-state index contributed by atoms with van der Waals surface area (Å²) in [4.78, 5) is 10.2. The number of benzene rings is 7. The summed E-state index contributed by atoms with van der Waals surface area (Å²) in [6, 6.07) is 59.4. The van der Waals surface area contributed by atoms with Crippen molar-refractivity contribution >= 4 is 43.7 Å². The van der Waals surface area contributed by atoms with Gasteiger partial charge in [0.2, 0.25) is 0 Å². The topological polar surface area (TPSA) is 91.4 Å². The third-order valence-electron chi connectivity index (χ3n) is 10.1. The molecule has 0 unspecified atom stereocenters. The highest BCUT2D eigenvalue weighted by atomic mass is 16.3. The molecular weight excluding hydrogens is 663 g/mol. The molecular formula is C48H27N5O. The molecule has 0 saturated heterocycles. The minimum Gasteiger partial charge on any atom is -0.456 e. The minimum atomic E-state index is 0.357. The van der Waals surface area contributed by atoms with Gasteiger partial charge in [-0.3, -0.25) is 0 Å². The highest BCUT2D eigenvalue weighted by Gasteiger charge is 2.18. The van der Waals surface area contributed by atoms with Crippen LogP contribution in [0.15, 0.2) is 168 Å². The third-order valence-corrected chi connectivity index (χ3v) is 10.1. The Labute approximate surface area is 310 Å². The summed E-state index contributed by atoms with van der Waals surface area (Å²) in [6.45, 7) is 0. The van der Waals surface area contributed by atoms with E-state index in [0.29, 0.717) is 17.0 Å². The fraction of sp³-hybridized carbons (Fsp3) is 0. The molecule has 0 bridgehead atoms. The van der Waals surface area contributed by atoms with Crippen molar-refractivity contribution in [2.24, 2.45) is 0 Å². The normalized spacial score (nSPS) is 11.3. The van der Waals surface area contributed by atoms with Gasteiger partial charge >= 0.3 is 0 Å². The van der Waals surface area contributed by atoms with Crippen LogP contribution in [0.5, 0.6) is 0 Å². The zero-order valence-electron chi connectivity index (χ0n) is 28.7. The molecule has 0 aliphatic heterocycles. The highest BCUT2D eigenvalue weighted by Crippen LogP contribution is 2.39. The first-order chi connectivity index (χ1) is 26.7. The smallest absolute Gasteiger partial charge is 0.160 e. The second-order valence-corrected chi connectivity index (χ2v) is 13.2. The lowest BCUT2D eigenvalue weighted by atomic mass is 9.95. The van der Waals surface area contributed by atoms with Gasteiger partial charge < -0.3 is 8.98 Å². The molecule has 0 fully saturated rings. The van der Waals surface area contributed by atoms with Crippen molar-refractivity contribution < 1.29 is 4.42 Å². The number of hydrogen-bond donors (Lipinski definition) is 0. The number of hydrogen-bond acceptors (Lipinski definition) is 5. The van der Waals surface area contributed by atoms with Crippen molar-refractivity contribution in [1.82, 2.24) is 14.5 Å². The first-order valence-electron chi connectivity index (χ1n) is 17.6. The molecule has 0 atom stereocenters. The molecule has 10 rings (SSSR count). The van der Waals surface area contributed by atoms with Gasteiger partial charge in [-0.15, -0.1) is 0 Å². The maximum atomic E-state index is 9.92. The summed E-state index contributed by atoms with van der Waals surface area (Å²) in [5, 5.41) is 23.7. The molecule has 6 heteroatoms. The van der Waals surface area contributed by atoms with E-state index in [2.05, 4.69) is 102 Å². The van der Waals surface area contributed by atoms with Crippen LogP contribution < -0.4 is 0 Å². The molecule has 250 valence electrons. The summed E-state index contributed by atoms with van der Waals surface area (Å²) in [5.41, 5.74) is 11.7. The molecule has 7 aromatic carbocycles. The SMILES string of the molecule is N#Cc1cccc(-c2ccc3oc4ccc(-n5c6ccccc6c6cc(-c7nc(-c8ccccc8)cc(-c8ccccc8)n7)ccc65)cc4c3c2)c1C#N. The van der Waals surface area contributed by atoms with E-state index in [1.165, 1.54) is 0 Å². The largest absolute Gasteiger partial charge is 0.456 e. The molecule has 0 radical (unpaired) electrons. The number of rotatable bonds is 5. The molecule has 0 N–H and O–H groups in total. The molecule has 54 heavy (non-hydrogen) atoms. The van der Waals surface area contributed by atoms with Crippen molar-refractivity contribution in [3.05, 3.63) is 175 Å². The Morgan fingerprint density at radius 3 is 1.81 bits per heavy atom.